The van der Waals surface area contributed by atoms with Crippen molar-refractivity contribution in [3.63, 3.8) is 0 Å². The van der Waals surface area contributed by atoms with Crippen LogP contribution in [0.5, 0.6) is 0 Å². The first-order chi connectivity index (χ1) is 10.5. The summed E-state index contributed by atoms with van der Waals surface area (Å²) in [5.41, 5.74) is 13.8. The SMILES string of the molecule is Cc1cc(-c2cccc(-c3ccnc(N)c3F)n2)nc(N)n1. The molecule has 3 aromatic rings. The molecule has 0 amide bonds. The van der Waals surface area contributed by atoms with Gasteiger partial charge in [-0.05, 0) is 31.2 Å². The smallest absolute Gasteiger partial charge is 0.220 e. The van der Waals surface area contributed by atoms with Crippen molar-refractivity contribution >= 4 is 11.8 Å². The zero-order valence-corrected chi connectivity index (χ0v) is 11.8. The maximum absolute atomic E-state index is 14.1. The van der Waals surface area contributed by atoms with E-state index in [4.69, 9.17) is 11.5 Å². The van der Waals surface area contributed by atoms with Crippen molar-refractivity contribution in [3.8, 4) is 22.6 Å². The molecule has 0 saturated heterocycles. The molecule has 0 atom stereocenters. The normalized spacial score (nSPS) is 10.6. The molecule has 110 valence electrons. The lowest BCUT2D eigenvalue weighted by Gasteiger charge is -2.07. The molecule has 0 radical (unpaired) electrons. The number of pyridine rings is 2. The molecule has 7 heteroatoms. The van der Waals surface area contributed by atoms with Crippen LogP contribution in [0.3, 0.4) is 0 Å². The van der Waals surface area contributed by atoms with Crippen LogP contribution in [0.2, 0.25) is 0 Å². The monoisotopic (exact) mass is 296 g/mol. The Labute approximate surface area is 126 Å². The zero-order chi connectivity index (χ0) is 15.7. The van der Waals surface area contributed by atoms with Gasteiger partial charge in [0.25, 0.3) is 0 Å². The van der Waals surface area contributed by atoms with Gasteiger partial charge in [0.05, 0.1) is 17.1 Å². The van der Waals surface area contributed by atoms with Crippen LogP contribution in [-0.4, -0.2) is 19.9 Å². The van der Waals surface area contributed by atoms with Gasteiger partial charge in [0.1, 0.15) is 0 Å². The van der Waals surface area contributed by atoms with Crippen molar-refractivity contribution in [2.75, 3.05) is 11.5 Å². The Morgan fingerprint density at radius 1 is 0.955 bits per heavy atom. The van der Waals surface area contributed by atoms with Gasteiger partial charge in [0.15, 0.2) is 11.6 Å². The number of nitrogens with zero attached hydrogens (tertiary/aromatic N) is 4. The lowest BCUT2D eigenvalue weighted by molar-refractivity contribution is 0.630. The van der Waals surface area contributed by atoms with Gasteiger partial charge in [-0.15, -0.1) is 0 Å². The Morgan fingerprint density at radius 3 is 2.50 bits per heavy atom. The second kappa shape index (κ2) is 5.36. The molecular formula is C15H13FN6. The van der Waals surface area contributed by atoms with Gasteiger partial charge in [0, 0.05) is 17.5 Å². The van der Waals surface area contributed by atoms with Crippen LogP contribution in [0.25, 0.3) is 22.6 Å². The highest BCUT2D eigenvalue weighted by atomic mass is 19.1. The molecule has 3 aromatic heterocycles. The van der Waals surface area contributed by atoms with Gasteiger partial charge < -0.3 is 11.5 Å². The summed E-state index contributed by atoms with van der Waals surface area (Å²) in [5, 5.41) is 0. The van der Waals surface area contributed by atoms with Gasteiger partial charge in [0.2, 0.25) is 5.95 Å². The van der Waals surface area contributed by atoms with Gasteiger partial charge in [-0.2, -0.15) is 0 Å². The number of rotatable bonds is 2. The fraction of sp³-hybridized carbons (Fsp3) is 0.0667. The number of nitrogen functional groups attached to an aromatic ring is 2. The second-order valence-corrected chi connectivity index (χ2v) is 4.72. The largest absolute Gasteiger partial charge is 0.381 e. The van der Waals surface area contributed by atoms with E-state index in [9.17, 15) is 4.39 Å². The van der Waals surface area contributed by atoms with Crippen molar-refractivity contribution in [2.24, 2.45) is 0 Å². The van der Waals surface area contributed by atoms with Gasteiger partial charge in [-0.1, -0.05) is 6.07 Å². The first kappa shape index (κ1) is 13.9. The van der Waals surface area contributed by atoms with E-state index >= 15 is 0 Å². The molecule has 3 rings (SSSR count). The summed E-state index contributed by atoms with van der Waals surface area (Å²) in [5.74, 6) is -0.584. The minimum Gasteiger partial charge on any atom is -0.381 e. The summed E-state index contributed by atoms with van der Waals surface area (Å²) in [7, 11) is 0. The zero-order valence-electron chi connectivity index (χ0n) is 11.8. The lowest BCUT2D eigenvalue weighted by atomic mass is 10.1. The second-order valence-electron chi connectivity index (χ2n) is 4.72. The summed E-state index contributed by atoms with van der Waals surface area (Å²) >= 11 is 0. The molecule has 0 fully saturated rings. The molecule has 0 unspecified atom stereocenters. The van der Waals surface area contributed by atoms with E-state index in [0.717, 1.165) is 5.69 Å². The van der Waals surface area contributed by atoms with E-state index in [1.807, 2.05) is 6.92 Å². The Balaban J connectivity index is 2.12. The van der Waals surface area contributed by atoms with Crippen molar-refractivity contribution in [3.05, 3.63) is 48.0 Å². The average molecular weight is 296 g/mol. The van der Waals surface area contributed by atoms with Crippen LogP contribution in [0.4, 0.5) is 16.2 Å². The Hall–Kier alpha value is -3.09. The molecule has 6 nitrogen and oxygen atoms in total. The summed E-state index contributed by atoms with van der Waals surface area (Å²) < 4.78 is 14.1. The lowest BCUT2D eigenvalue weighted by Crippen LogP contribution is -2.00. The predicted octanol–water partition coefficient (Wildman–Crippen LogP) is 2.21. The van der Waals surface area contributed by atoms with Crippen LogP contribution >= 0.6 is 0 Å². The van der Waals surface area contributed by atoms with Crippen molar-refractivity contribution in [2.45, 2.75) is 6.92 Å². The van der Waals surface area contributed by atoms with E-state index in [0.29, 0.717) is 17.1 Å². The first-order valence-corrected chi connectivity index (χ1v) is 6.53. The fourth-order valence-corrected chi connectivity index (χ4v) is 2.11. The van der Waals surface area contributed by atoms with E-state index in [-0.39, 0.29) is 17.3 Å². The van der Waals surface area contributed by atoms with E-state index in [2.05, 4.69) is 19.9 Å². The van der Waals surface area contributed by atoms with Crippen molar-refractivity contribution in [1.82, 2.24) is 19.9 Å². The molecule has 0 saturated carbocycles. The summed E-state index contributed by atoms with van der Waals surface area (Å²) in [6.45, 7) is 1.81. The molecule has 22 heavy (non-hydrogen) atoms. The maximum atomic E-state index is 14.1. The van der Waals surface area contributed by atoms with Gasteiger partial charge in [-0.25, -0.2) is 24.3 Å². The first-order valence-electron chi connectivity index (χ1n) is 6.53. The number of anilines is 2. The fourth-order valence-electron chi connectivity index (χ4n) is 2.11. The highest BCUT2D eigenvalue weighted by molar-refractivity contribution is 5.67. The highest BCUT2D eigenvalue weighted by Crippen LogP contribution is 2.25. The van der Waals surface area contributed by atoms with Gasteiger partial charge in [-0.3, -0.25) is 0 Å². The highest BCUT2D eigenvalue weighted by Gasteiger charge is 2.12. The molecule has 0 aliphatic heterocycles. The average Bonchev–Trinajstić information content (AvgIpc) is 2.49. The van der Waals surface area contributed by atoms with Crippen LogP contribution in [-0.2, 0) is 0 Å². The number of hydrogen-bond donors (Lipinski definition) is 2. The molecule has 0 aromatic carbocycles. The maximum Gasteiger partial charge on any atom is 0.220 e. The molecule has 4 N–H and O–H groups in total. The number of halogens is 1. The minimum atomic E-state index is -0.592. The third-order valence-corrected chi connectivity index (χ3v) is 3.08. The topological polar surface area (TPSA) is 104 Å². The van der Waals surface area contributed by atoms with Crippen LogP contribution < -0.4 is 11.5 Å². The number of aromatic nitrogens is 4. The van der Waals surface area contributed by atoms with Crippen LogP contribution in [0.15, 0.2) is 36.5 Å². The number of nitrogens with two attached hydrogens (primary N) is 2. The molecule has 0 aliphatic rings. The third-order valence-electron chi connectivity index (χ3n) is 3.08. The van der Waals surface area contributed by atoms with Gasteiger partial charge >= 0.3 is 0 Å². The Kier molecular flexibility index (Phi) is 3.38. The van der Waals surface area contributed by atoms with Crippen molar-refractivity contribution < 1.29 is 4.39 Å². The summed E-state index contributed by atoms with van der Waals surface area (Å²) in [6, 6.07) is 8.52. The van der Waals surface area contributed by atoms with Crippen LogP contribution in [0.1, 0.15) is 5.69 Å². The summed E-state index contributed by atoms with van der Waals surface area (Å²) in [4.78, 5) is 16.3. The molecule has 0 aliphatic carbocycles. The third kappa shape index (κ3) is 2.56. The Bertz CT molecular complexity index is 829. The van der Waals surface area contributed by atoms with E-state index < -0.39 is 5.82 Å². The number of hydrogen-bond acceptors (Lipinski definition) is 6. The number of aryl methyl sites for hydroxylation is 1. The molecule has 3 heterocycles. The molecular weight excluding hydrogens is 283 g/mol. The Morgan fingerprint density at radius 2 is 1.73 bits per heavy atom. The molecule has 0 spiro atoms. The van der Waals surface area contributed by atoms with Crippen LogP contribution in [0, 0.1) is 12.7 Å². The van der Waals surface area contributed by atoms with E-state index in [1.165, 1.54) is 12.3 Å². The predicted molar refractivity (Wildman–Crippen MR) is 82.0 cm³/mol. The summed E-state index contributed by atoms with van der Waals surface area (Å²) in [6.07, 6.45) is 1.44. The van der Waals surface area contributed by atoms with Crippen molar-refractivity contribution in [1.29, 1.82) is 0 Å². The molecule has 0 bridgehead atoms. The van der Waals surface area contributed by atoms with E-state index in [1.54, 1.807) is 24.3 Å². The standard InChI is InChI=1S/C15H13FN6/c1-8-7-12(22-15(18)20-8)11-4-2-3-10(21-11)9-5-6-19-14(17)13(9)16/h2-7H,1H3,(H2,17,19)(H2,18,20,22). The minimum absolute atomic E-state index is 0.160. The quantitative estimate of drug-likeness (QED) is 0.751.